The number of terminal acetylenes is 1. The summed E-state index contributed by atoms with van der Waals surface area (Å²) < 4.78 is 0. The summed E-state index contributed by atoms with van der Waals surface area (Å²) >= 11 is 0. The maximum Gasteiger partial charge on any atom is 0.0242 e. The lowest BCUT2D eigenvalue weighted by Crippen LogP contribution is -2.12. The van der Waals surface area contributed by atoms with Gasteiger partial charge in [0.2, 0.25) is 0 Å². The molecule has 0 aromatic heterocycles. The van der Waals surface area contributed by atoms with Gasteiger partial charge in [-0.3, -0.25) is 0 Å². The molecule has 0 heterocycles. The summed E-state index contributed by atoms with van der Waals surface area (Å²) in [5.41, 5.74) is 2.35. The highest BCUT2D eigenvalue weighted by atomic mass is 15.0. The Balaban J connectivity index is 2.29. The molecule has 0 amide bonds. The van der Waals surface area contributed by atoms with Crippen LogP contribution in [0.5, 0.6) is 0 Å². The van der Waals surface area contributed by atoms with Crippen LogP contribution >= 0.6 is 0 Å². The zero-order chi connectivity index (χ0) is 11.1. The highest BCUT2D eigenvalue weighted by Crippen LogP contribution is 2.07. The van der Waals surface area contributed by atoms with Gasteiger partial charge < -0.3 is 4.90 Å². The molecule has 0 saturated carbocycles. The van der Waals surface area contributed by atoms with E-state index in [1.165, 1.54) is 24.9 Å². The van der Waals surface area contributed by atoms with Crippen LogP contribution in [0.4, 0.5) is 0 Å². The van der Waals surface area contributed by atoms with E-state index in [4.69, 9.17) is 6.42 Å². The van der Waals surface area contributed by atoms with E-state index in [0.717, 1.165) is 12.0 Å². The van der Waals surface area contributed by atoms with Gasteiger partial charge in [-0.05, 0) is 57.6 Å². The Hall–Kier alpha value is -1.26. The Kier molecular flexibility index (Phi) is 4.93. The van der Waals surface area contributed by atoms with Gasteiger partial charge in [0, 0.05) is 5.56 Å². The number of rotatable bonds is 5. The molecule has 0 spiro atoms. The van der Waals surface area contributed by atoms with Crippen LogP contribution in [0.1, 0.15) is 24.0 Å². The van der Waals surface area contributed by atoms with Crippen LogP contribution in [-0.4, -0.2) is 25.5 Å². The third kappa shape index (κ3) is 4.67. The Morgan fingerprint density at radius 3 is 2.33 bits per heavy atom. The SMILES string of the molecule is C#Cc1ccc(CCCCN(C)C)cc1. The van der Waals surface area contributed by atoms with Crippen molar-refractivity contribution in [3.63, 3.8) is 0 Å². The van der Waals surface area contributed by atoms with E-state index in [0.29, 0.717) is 0 Å². The number of hydrogen-bond acceptors (Lipinski definition) is 1. The van der Waals surface area contributed by atoms with Crippen molar-refractivity contribution in [1.82, 2.24) is 4.90 Å². The van der Waals surface area contributed by atoms with Gasteiger partial charge in [0.15, 0.2) is 0 Å². The Morgan fingerprint density at radius 2 is 1.80 bits per heavy atom. The van der Waals surface area contributed by atoms with Gasteiger partial charge in [-0.15, -0.1) is 6.42 Å². The van der Waals surface area contributed by atoms with Crippen molar-refractivity contribution in [2.75, 3.05) is 20.6 Å². The lowest BCUT2D eigenvalue weighted by atomic mass is 10.1. The van der Waals surface area contributed by atoms with E-state index in [1.54, 1.807) is 0 Å². The molecule has 0 radical (unpaired) electrons. The predicted octanol–water partition coefficient (Wildman–Crippen LogP) is 2.55. The minimum Gasteiger partial charge on any atom is -0.309 e. The van der Waals surface area contributed by atoms with Crippen molar-refractivity contribution in [2.45, 2.75) is 19.3 Å². The van der Waals surface area contributed by atoms with Crippen molar-refractivity contribution in [3.05, 3.63) is 35.4 Å². The van der Waals surface area contributed by atoms with Crippen LogP contribution in [0.15, 0.2) is 24.3 Å². The van der Waals surface area contributed by atoms with Gasteiger partial charge in [0.05, 0.1) is 0 Å². The largest absolute Gasteiger partial charge is 0.309 e. The molecule has 0 saturated heterocycles. The van der Waals surface area contributed by atoms with E-state index in [2.05, 4.69) is 37.0 Å². The zero-order valence-corrected chi connectivity index (χ0v) is 9.66. The molecule has 80 valence electrons. The molecule has 0 aliphatic carbocycles. The first kappa shape index (κ1) is 11.8. The quantitative estimate of drug-likeness (QED) is 0.523. The first-order valence-corrected chi connectivity index (χ1v) is 5.42. The van der Waals surface area contributed by atoms with Crippen LogP contribution in [0, 0.1) is 12.3 Å². The van der Waals surface area contributed by atoms with E-state index in [-0.39, 0.29) is 0 Å². The lowest BCUT2D eigenvalue weighted by Gasteiger charge is -2.08. The zero-order valence-electron chi connectivity index (χ0n) is 9.66. The molecule has 1 rings (SSSR count). The molecule has 0 aliphatic heterocycles. The summed E-state index contributed by atoms with van der Waals surface area (Å²) in [4.78, 5) is 2.22. The molecule has 0 fully saturated rings. The summed E-state index contributed by atoms with van der Waals surface area (Å²) in [5, 5.41) is 0. The second-order valence-electron chi connectivity index (χ2n) is 4.10. The van der Waals surface area contributed by atoms with Crippen LogP contribution < -0.4 is 0 Å². The van der Waals surface area contributed by atoms with Crippen LogP contribution in [0.2, 0.25) is 0 Å². The molecular weight excluding hydrogens is 182 g/mol. The molecule has 0 aliphatic rings. The molecule has 0 bridgehead atoms. The van der Waals surface area contributed by atoms with Gasteiger partial charge in [0.1, 0.15) is 0 Å². The van der Waals surface area contributed by atoms with Gasteiger partial charge >= 0.3 is 0 Å². The summed E-state index contributed by atoms with van der Waals surface area (Å²) in [6.07, 6.45) is 8.95. The van der Waals surface area contributed by atoms with Crippen LogP contribution in [0.3, 0.4) is 0 Å². The minimum atomic E-state index is 0.965. The fraction of sp³-hybridized carbons (Fsp3) is 0.429. The smallest absolute Gasteiger partial charge is 0.0242 e. The van der Waals surface area contributed by atoms with Crippen molar-refractivity contribution in [2.24, 2.45) is 0 Å². The van der Waals surface area contributed by atoms with Crippen molar-refractivity contribution in [3.8, 4) is 12.3 Å². The topological polar surface area (TPSA) is 3.24 Å². The average molecular weight is 201 g/mol. The maximum atomic E-state index is 5.30. The highest BCUT2D eigenvalue weighted by molar-refractivity contribution is 5.34. The number of aryl methyl sites for hydroxylation is 1. The van der Waals surface area contributed by atoms with E-state index in [1.807, 2.05) is 12.1 Å². The molecule has 1 heteroatoms. The highest BCUT2D eigenvalue weighted by Gasteiger charge is 1.95. The molecule has 0 unspecified atom stereocenters. The fourth-order valence-electron chi connectivity index (χ4n) is 1.52. The Bertz CT molecular complexity index is 316. The van der Waals surface area contributed by atoms with E-state index >= 15 is 0 Å². The van der Waals surface area contributed by atoms with Crippen LogP contribution in [0.25, 0.3) is 0 Å². The molecule has 0 atom stereocenters. The fourth-order valence-corrected chi connectivity index (χ4v) is 1.52. The summed E-state index contributed by atoms with van der Waals surface area (Å²) in [6, 6.07) is 8.29. The van der Waals surface area contributed by atoms with Gasteiger partial charge in [-0.2, -0.15) is 0 Å². The molecular formula is C14H19N. The second kappa shape index (κ2) is 6.27. The van der Waals surface area contributed by atoms with Gasteiger partial charge in [0.25, 0.3) is 0 Å². The molecule has 1 nitrogen and oxygen atoms in total. The van der Waals surface area contributed by atoms with Crippen LogP contribution in [-0.2, 0) is 6.42 Å². The Labute approximate surface area is 93.1 Å². The first-order chi connectivity index (χ1) is 7.22. The van der Waals surface area contributed by atoms with Crippen molar-refractivity contribution < 1.29 is 0 Å². The van der Waals surface area contributed by atoms with Crippen molar-refractivity contribution in [1.29, 1.82) is 0 Å². The van der Waals surface area contributed by atoms with Gasteiger partial charge in [-0.1, -0.05) is 18.1 Å². The third-order valence-electron chi connectivity index (χ3n) is 2.44. The summed E-state index contributed by atoms with van der Waals surface area (Å²) in [7, 11) is 4.23. The standard InChI is InChI=1S/C14H19N/c1-4-13-8-10-14(11-9-13)7-5-6-12-15(2)3/h1,8-11H,5-7,12H2,2-3H3. The second-order valence-corrected chi connectivity index (χ2v) is 4.10. The Morgan fingerprint density at radius 1 is 1.13 bits per heavy atom. The van der Waals surface area contributed by atoms with Gasteiger partial charge in [-0.25, -0.2) is 0 Å². The third-order valence-corrected chi connectivity index (χ3v) is 2.44. The van der Waals surface area contributed by atoms with Crippen molar-refractivity contribution >= 4 is 0 Å². The van der Waals surface area contributed by atoms with E-state index in [9.17, 15) is 0 Å². The first-order valence-electron chi connectivity index (χ1n) is 5.42. The molecule has 1 aromatic carbocycles. The number of benzene rings is 1. The lowest BCUT2D eigenvalue weighted by molar-refractivity contribution is 0.394. The summed E-state index contributed by atoms with van der Waals surface area (Å²) in [5.74, 6) is 2.63. The number of nitrogens with zero attached hydrogens (tertiary/aromatic N) is 1. The normalized spacial score (nSPS) is 10.3. The number of hydrogen-bond donors (Lipinski definition) is 0. The molecule has 0 N–H and O–H groups in total. The van der Waals surface area contributed by atoms with E-state index < -0.39 is 0 Å². The monoisotopic (exact) mass is 201 g/mol. The number of unbranched alkanes of at least 4 members (excludes halogenated alkanes) is 1. The molecule has 15 heavy (non-hydrogen) atoms. The summed E-state index contributed by atoms with van der Waals surface area (Å²) in [6.45, 7) is 1.17. The molecule has 1 aromatic rings. The predicted molar refractivity (Wildman–Crippen MR) is 65.9 cm³/mol. The maximum absolute atomic E-state index is 5.30. The average Bonchev–Trinajstić information content (AvgIpc) is 2.25. The minimum absolute atomic E-state index is 0.965.